The molecule has 2 aromatic carbocycles. The summed E-state index contributed by atoms with van der Waals surface area (Å²) in [5.74, 6) is -0.469. The molecule has 49 heavy (non-hydrogen) atoms. The summed E-state index contributed by atoms with van der Waals surface area (Å²) in [5, 5.41) is 14.0. The maximum atomic E-state index is 14.4. The first-order valence-electron chi connectivity index (χ1n) is 16.4. The highest BCUT2D eigenvalue weighted by molar-refractivity contribution is 7.92. The second-order valence-corrected chi connectivity index (χ2v) is 16.5. The van der Waals surface area contributed by atoms with Crippen LogP contribution in [0.4, 0.5) is 5.69 Å². The van der Waals surface area contributed by atoms with Crippen molar-refractivity contribution in [1.29, 1.82) is 0 Å². The molecule has 0 radical (unpaired) electrons. The number of aliphatic hydroxyl groups excluding tert-OH is 1. The SMILES string of the molecule is Cc1ccc(S(=O)(=O)N(C)C[C@@H]2OCCCC[C@@H](C)Oc3ccc(NS(=O)(=O)c4c(C)noc4C)cc3C(=O)N([C@H](C)CO)C[C@H]2C)cc1. The lowest BCUT2D eigenvalue weighted by Crippen LogP contribution is -2.48. The molecule has 2 heterocycles. The third kappa shape index (κ3) is 9.19. The monoisotopic (exact) mass is 720 g/mol. The van der Waals surface area contributed by atoms with Crippen LogP contribution < -0.4 is 9.46 Å². The van der Waals surface area contributed by atoms with E-state index in [-0.39, 0.29) is 70.0 Å². The van der Waals surface area contributed by atoms with Crippen molar-refractivity contribution in [1.82, 2.24) is 14.4 Å². The van der Waals surface area contributed by atoms with E-state index in [1.807, 2.05) is 20.8 Å². The highest BCUT2D eigenvalue weighted by Crippen LogP contribution is 2.30. The van der Waals surface area contributed by atoms with E-state index in [1.54, 1.807) is 37.3 Å². The molecule has 15 heteroatoms. The lowest BCUT2D eigenvalue weighted by Gasteiger charge is -2.35. The van der Waals surface area contributed by atoms with Crippen molar-refractivity contribution in [2.24, 2.45) is 5.92 Å². The molecule has 4 atom stereocenters. The second kappa shape index (κ2) is 16.0. The Morgan fingerprint density at radius 1 is 1.06 bits per heavy atom. The summed E-state index contributed by atoms with van der Waals surface area (Å²) in [6.45, 7) is 10.5. The van der Waals surface area contributed by atoms with Gasteiger partial charge in [-0.1, -0.05) is 29.8 Å². The van der Waals surface area contributed by atoms with E-state index in [1.165, 1.54) is 42.2 Å². The minimum Gasteiger partial charge on any atom is -0.490 e. The zero-order valence-electron chi connectivity index (χ0n) is 29.2. The summed E-state index contributed by atoms with van der Waals surface area (Å²) < 4.78 is 75.0. The Balaban J connectivity index is 1.69. The van der Waals surface area contributed by atoms with E-state index in [0.29, 0.717) is 19.4 Å². The molecule has 1 aliphatic heterocycles. The summed E-state index contributed by atoms with van der Waals surface area (Å²) in [4.78, 5) is 16.0. The van der Waals surface area contributed by atoms with Gasteiger partial charge in [0.25, 0.3) is 15.9 Å². The van der Waals surface area contributed by atoms with Crippen molar-refractivity contribution in [2.75, 3.05) is 38.1 Å². The predicted molar refractivity (Wildman–Crippen MR) is 185 cm³/mol. The summed E-state index contributed by atoms with van der Waals surface area (Å²) >= 11 is 0. The molecule has 1 aromatic heterocycles. The third-order valence-corrected chi connectivity index (χ3v) is 12.2. The van der Waals surface area contributed by atoms with Gasteiger partial charge in [-0.15, -0.1) is 0 Å². The van der Waals surface area contributed by atoms with Crippen LogP contribution in [-0.2, 0) is 24.8 Å². The van der Waals surface area contributed by atoms with E-state index < -0.39 is 38.1 Å². The normalized spacial score (nSPS) is 20.7. The summed E-state index contributed by atoms with van der Waals surface area (Å²) in [7, 11) is -6.43. The molecule has 0 aliphatic carbocycles. The molecule has 13 nitrogen and oxygen atoms in total. The van der Waals surface area contributed by atoms with Gasteiger partial charge in [-0.05, 0) is 84.2 Å². The third-order valence-electron chi connectivity index (χ3n) is 8.71. The van der Waals surface area contributed by atoms with Crippen molar-refractivity contribution < 1.29 is 40.7 Å². The average molecular weight is 721 g/mol. The van der Waals surface area contributed by atoms with Crippen molar-refractivity contribution in [3.05, 3.63) is 65.0 Å². The molecule has 0 bridgehead atoms. The van der Waals surface area contributed by atoms with Gasteiger partial charge >= 0.3 is 0 Å². The van der Waals surface area contributed by atoms with Gasteiger partial charge in [-0.2, -0.15) is 4.31 Å². The van der Waals surface area contributed by atoms with Crippen LogP contribution in [0, 0.1) is 26.7 Å². The Morgan fingerprint density at radius 3 is 2.39 bits per heavy atom. The number of benzene rings is 2. The number of aliphatic hydroxyl groups is 1. The highest BCUT2D eigenvalue weighted by atomic mass is 32.2. The largest absolute Gasteiger partial charge is 0.490 e. The summed E-state index contributed by atoms with van der Waals surface area (Å²) in [6.07, 6.45) is 1.23. The summed E-state index contributed by atoms with van der Waals surface area (Å²) in [6, 6.07) is 10.5. The van der Waals surface area contributed by atoms with Crippen LogP contribution in [0.2, 0.25) is 0 Å². The van der Waals surface area contributed by atoms with E-state index in [4.69, 9.17) is 14.0 Å². The molecule has 3 aromatic rings. The van der Waals surface area contributed by atoms with Crippen LogP contribution in [-0.4, -0.2) is 93.8 Å². The Morgan fingerprint density at radius 2 is 1.76 bits per heavy atom. The topological polar surface area (TPSA) is 169 Å². The Hall–Kier alpha value is -3.50. The number of carbonyl (C=O) groups excluding carboxylic acids is 1. The van der Waals surface area contributed by atoms with E-state index >= 15 is 0 Å². The van der Waals surface area contributed by atoms with E-state index in [2.05, 4.69) is 9.88 Å². The lowest BCUT2D eigenvalue weighted by atomic mass is 10.0. The molecular weight excluding hydrogens is 673 g/mol. The Kier molecular flexibility index (Phi) is 12.5. The van der Waals surface area contributed by atoms with Gasteiger partial charge in [0.15, 0.2) is 10.7 Å². The number of fused-ring (bicyclic) bond motifs is 1. The first kappa shape index (κ1) is 38.3. The molecule has 1 aliphatic rings. The summed E-state index contributed by atoms with van der Waals surface area (Å²) in [5.41, 5.74) is 1.37. The minimum absolute atomic E-state index is 0.0383. The number of anilines is 1. The zero-order valence-corrected chi connectivity index (χ0v) is 30.8. The maximum absolute atomic E-state index is 14.4. The van der Waals surface area contributed by atoms with Crippen molar-refractivity contribution in [3.63, 3.8) is 0 Å². The maximum Gasteiger partial charge on any atom is 0.267 e. The molecular formula is C34H48N4O9S2. The fraction of sp³-hybridized carbons (Fsp3) is 0.529. The number of aromatic nitrogens is 1. The smallest absolute Gasteiger partial charge is 0.267 e. The molecule has 0 saturated carbocycles. The number of likely N-dealkylation sites (N-methyl/N-ethyl adjacent to an activating group) is 1. The highest BCUT2D eigenvalue weighted by Gasteiger charge is 2.33. The van der Waals surface area contributed by atoms with E-state index in [0.717, 1.165) is 12.0 Å². The fourth-order valence-electron chi connectivity index (χ4n) is 5.75. The zero-order chi connectivity index (χ0) is 36.1. The Labute approximate surface area is 289 Å². The standard InChI is InChI=1S/C34H48N4O9S2/c1-22-11-14-29(15-12-22)49(43,44)37(7)20-32-23(2)19-38(24(3)21-39)34(40)30-18-28(36-48(41,42)33-26(5)35-47-27(33)6)13-16-31(30)46-25(4)10-8-9-17-45-32/h11-16,18,23-25,32,36,39H,8-10,17,19-21H2,1-7H3/t23-,24-,25-,32+/m1/s1. The predicted octanol–water partition coefficient (Wildman–Crippen LogP) is 4.52. The number of aryl methyl sites for hydroxylation is 3. The van der Waals surface area contributed by atoms with Crippen molar-refractivity contribution in [3.8, 4) is 5.75 Å². The number of carbonyl (C=O) groups is 1. The van der Waals surface area contributed by atoms with Gasteiger partial charge in [0.2, 0.25) is 10.0 Å². The van der Waals surface area contributed by atoms with Crippen molar-refractivity contribution in [2.45, 2.75) is 88.8 Å². The van der Waals surface area contributed by atoms with Crippen LogP contribution >= 0.6 is 0 Å². The Bertz CT molecular complexity index is 1790. The number of sulfonamides is 2. The van der Waals surface area contributed by atoms with Gasteiger partial charge in [0.05, 0.1) is 35.3 Å². The van der Waals surface area contributed by atoms with Gasteiger partial charge in [-0.3, -0.25) is 9.52 Å². The first-order valence-corrected chi connectivity index (χ1v) is 19.3. The van der Waals surface area contributed by atoms with Crippen molar-refractivity contribution >= 4 is 31.6 Å². The number of hydrogen-bond acceptors (Lipinski definition) is 10. The van der Waals surface area contributed by atoms with Gasteiger partial charge in [0, 0.05) is 38.3 Å². The average Bonchev–Trinajstić information content (AvgIpc) is 3.40. The van der Waals surface area contributed by atoms with Gasteiger partial charge < -0.3 is 24.0 Å². The molecule has 2 N–H and O–H groups in total. The quantitative estimate of drug-likeness (QED) is 0.321. The molecule has 0 unspecified atom stereocenters. The molecule has 270 valence electrons. The molecule has 1 amide bonds. The van der Waals surface area contributed by atoms with E-state index in [9.17, 15) is 26.7 Å². The van der Waals surface area contributed by atoms with Gasteiger partial charge in [0.1, 0.15) is 11.4 Å². The fourth-order valence-corrected chi connectivity index (χ4v) is 8.32. The van der Waals surface area contributed by atoms with Crippen LogP contribution in [0.15, 0.2) is 56.8 Å². The number of rotatable bonds is 9. The van der Waals surface area contributed by atoms with Crippen LogP contribution in [0.3, 0.4) is 0 Å². The number of nitrogens with one attached hydrogen (secondary N) is 1. The molecule has 0 saturated heterocycles. The minimum atomic E-state index is -4.11. The van der Waals surface area contributed by atoms with Gasteiger partial charge in [-0.25, -0.2) is 16.8 Å². The lowest BCUT2D eigenvalue weighted by molar-refractivity contribution is -0.00833. The number of hydrogen-bond donors (Lipinski definition) is 2. The molecule has 0 fully saturated rings. The first-order chi connectivity index (χ1) is 23.0. The second-order valence-electron chi connectivity index (χ2n) is 12.9. The van der Waals surface area contributed by atoms with Crippen LogP contribution in [0.1, 0.15) is 67.4 Å². The number of ether oxygens (including phenoxy) is 2. The number of nitrogens with zero attached hydrogens (tertiary/aromatic N) is 3. The van der Waals surface area contributed by atoms with Crippen LogP contribution in [0.5, 0.6) is 5.75 Å². The molecule has 4 rings (SSSR count). The molecule has 0 spiro atoms. The van der Waals surface area contributed by atoms with Crippen LogP contribution in [0.25, 0.3) is 0 Å². The number of amides is 1.